The zero-order chi connectivity index (χ0) is 8.72. The standard InChI is InChI=1S/C9H6BrFO/c10-8-3-5-1-7(12)2-6(5)4-9(8)11/h3-4H,1-2H2. The van der Waals surface area contributed by atoms with Crippen LogP contribution in [0, 0.1) is 5.82 Å². The van der Waals surface area contributed by atoms with Gasteiger partial charge in [-0.3, -0.25) is 4.79 Å². The Bertz CT molecular complexity index is 327. The molecule has 3 heteroatoms. The molecule has 0 saturated carbocycles. The Balaban J connectivity index is 2.55. The Morgan fingerprint density at radius 3 is 2.50 bits per heavy atom. The summed E-state index contributed by atoms with van der Waals surface area (Å²) >= 11 is 3.08. The fraction of sp³-hybridized carbons (Fsp3) is 0.222. The van der Waals surface area contributed by atoms with Gasteiger partial charge in [0.05, 0.1) is 4.47 Å². The molecule has 1 aliphatic carbocycles. The van der Waals surface area contributed by atoms with E-state index in [2.05, 4.69) is 15.9 Å². The number of rotatable bonds is 0. The SMILES string of the molecule is O=C1Cc2cc(F)c(Br)cc2C1. The number of ketones is 1. The summed E-state index contributed by atoms with van der Waals surface area (Å²) in [5.74, 6) is -0.119. The third-order valence-corrected chi connectivity index (χ3v) is 2.63. The highest BCUT2D eigenvalue weighted by Crippen LogP contribution is 2.25. The predicted molar refractivity (Wildman–Crippen MR) is 46.5 cm³/mol. The van der Waals surface area contributed by atoms with Crippen LogP contribution in [0.4, 0.5) is 4.39 Å². The molecule has 0 fully saturated rings. The van der Waals surface area contributed by atoms with Crippen molar-refractivity contribution in [2.75, 3.05) is 0 Å². The molecule has 0 saturated heterocycles. The zero-order valence-electron chi connectivity index (χ0n) is 6.23. The van der Waals surface area contributed by atoms with Crippen LogP contribution in [0.2, 0.25) is 0 Å². The molecule has 0 radical (unpaired) electrons. The third-order valence-electron chi connectivity index (χ3n) is 2.02. The molecule has 2 rings (SSSR count). The lowest BCUT2D eigenvalue weighted by Crippen LogP contribution is -1.92. The van der Waals surface area contributed by atoms with E-state index >= 15 is 0 Å². The monoisotopic (exact) mass is 228 g/mol. The van der Waals surface area contributed by atoms with Gasteiger partial charge in [-0.05, 0) is 39.2 Å². The Morgan fingerprint density at radius 1 is 1.25 bits per heavy atom. The average molecular weight is 229 g/mol. The van der Waals surface area contributed by atoms with Gasteiger partial charge in [-0.25, -0.2) is 4.39 Å². The summed E-state index contributed by atoms with van der Waals surface area (Å²) in [6.45, 7) is 0. The van der Waals surface area contributed by atoms with Crippen molar-refractivity contribution in [3.63, 3.8) is 0 Å². The van der Waals surface area contributed by atoms with Crippen LogP contribution < -0.4 is 0 Å². The van der Waals surface area contributed by atoms with Gasteiger partial charge in [-0.2, -0.15) is 0 Å². The second-order valence-corrected chi connectivity index (χ2v) is 3.78. The fourth-order valence-corrected chi connectivity index (χ4v) is 1.84. The first kappa shape index (κ1) is 7.92. The normalized spacial score (nSPS) is 15.0. The maximum absolute atomic E-state index is 12.9. The van der Waals surface area contributed by atoms with E-state index in [0.717, 1.165) is 11.1 Å². The summed E-state index contributed by atoms with van der Waals surface area (Å²) < 4.78 is 13.4. The van der Waals surface area contributed by atoms with Crippen LogP contribution >= 0.6 is 15.9 Å². The molecule has 62 valence electrons. The van der Waals surface area contributed by atoms with E-state index in [1.165, 1.54) is 6.07 Å². The number of carbonyl (C=O) groups is 1. The van der Waals surface area contributed by atoms with Crippen molar-refractivity contribution < 1.29 is 9.18 Å². The molecule has 1 aromatic carbocycles. The molecule has 0 unspecified atom stereocenters. The lowest BCUT2D eigenvalue weighted by molar-refractivity contribution is -0.117. The smallest absolute Gasteiger partial charge is 0.141 e. The molecule has 0 heterocycles. The van der Waals surface area contributed by atoms with E-state index in [-0.39, 0.29) is 11.6 Å². The number of benzene rings is 1. The maximum atomic E-state index is 12.9. The number of hydrogen-bond donors (Lipinski definition) is 0. The van der Waals surface area contributed by atoms with Crippen molar-refractivity contribution in [2.24, 2.45) is 0 Å². The van der Waals surface area contributed by atoms with Gasteiger partial charge < -0.3 is 0 Å². The van der Waals surface area contributed by atoms with E-state index in [0.29, 0.717) is 17.3 Å². The van der Waals surface area contributed by atoms with Gasteiger partial charge >= 0.3 is 0 Å². The van der Waals surface area contributed by atoms with Gasteiger partial charge in [0, 0.05) is 12.8 Å². The topological polar surface area (TPSA) is 17.1 Å². The van der Waals surface area contributed by atoms with Crippen molar-refractivity contribution in [3.05, 3.63) is 33.5 Å². The van der Waals surface area contributed by atoms with Crippen molar-refractivity contribution in [2.45, 2.75) is 12.8 Å². The van der Waals surface area contributed by atoms with Gasteiger partial charge in [0.25, 0.3) is 0 Å². The molecule has 0 aliphatic heterocycles. The van der Waals surface area contributed by atoms with Gasteiger partial charge in [-0.1, -0.05) is 0 Å². The highest BCUT2D eigenvalue weighted by atomic mass is 79.9. The number of halogens is 2. The maximum Gasteiger partial charge on any atom is 0.141 e. The molecule has 0 atom stereocenters. The summed E-state index contributed by atoms with van der Waals surface area (Å²) in [5, 5.41) is 0. The van der Waals surface area contributed by atoms with Crippen LogP contribution in [0.15, 0.2) is 16.6 Å². The minimum atomic E-state index is -0.288. The molecule has 0 spiro atoms. The molecule has 12 heavy (non-hydrogen) atoms. The highest BCUT2D eigenvalue weighted by Gasteiger charge is 2.19. The van der Waals surface area contributed by atoms with Crippen LogP contribution in [-0.2, 0) is 17.6 Å². The summed E-state index contributed by atoms with van der Waals surface area (Å²) in [4.78, 5) is 11.0. The molecule has 0 aromatic heterocycles. The Kier molecular flexibility index (Phi) is 1.76. The molecule has 0 amide bonds. The molecule has 1 aromatic rings. The first-order valence-electron chi connectivity index (χ1n) is 3.65. The molecule has 0 N–H and O–H groups in total. The molecular weight excluding hydrogens is 223 g/mol. The van der Waals surface area contributed by atoms with E-state index < -0.39 is 0 Å². The quantitative estimate of drug-likeness (QED) is 0.666. The van der Waals surface area contributed by atoms with Gasteiger partial charge in [0.2, 0.25) is 0 Å². The van der Waals surface area contributed by atoms with E-state index in [1.54, 1.807) is 6.07 Å². The largest absolute Gasteiger partial charge is 0.299 e. The summed E-state index contributed by atoms with van der Waals surface area (Å²) in [6.07, 6.45) is 0.841. The Morgan fingerprint density at radius 2 is 1.83 bits per heavy atom. The Hall–Kier alpha value is -0.700. The number of fused-ring (bicyclic) bond motifs is 1. The number of hydrogen-bond acceptors (Lipinski definition) is 1. The van der Waals surface area contributed by atoms with Gasteiger partial charge in [-0.15, -0.1) is 0 Å². The second-order valence-electron chi connectivity index (χ2n) is 2.93. The first-order valence-corrected chi connectivity index (χ1v) is 4.44. The van der Waals surface area contributed by atoms with Gasteiger partial charge in [0.1, 0.15) is 11.6 Å². The number of carbonyl (C=O) groups excluding carboxylic acids is 1. The van der Waals surface area contributed by atoms with Gasteiger partial charge in [0.15, 0.2) is 0 Å². The lowest BCUT2D eigenvalue weighted by atomic mass is 10.1. The molecule has 0 bridgehead atoms. The van der Waals surface area contributed by atoms with E-state index in [9.17, 15) is 9.18 Å². The fourth-order valence-electron chi connectivity index (χ4n) is 1.45. The summed E-state index contributed by atoms with van der Waals surface area (Å²) in [5.41, 5.74) is 1.79. The Labute approximate surface area is 77.7 Å². The minimum absolute atomic E-state index is 0.169. The van der Waals surface area contributed by atoms with E-state index in [1.807, 2.05) is 0 Å². The van der Waals surface area contributed by atoms with Crippen LogP contribution in [0.3, 0.4) is 0 Å². The average Bonchev–Trinajstić information content (AvgIpc) is 2.30. The van der Waals surface area contributed by atoms with Crippen LogP contribution in [0.1, 0.15) is 11.1 Å². The minimum Gasteiger partial charge on any atom is -0.299 e. The molecular formula is C9H6BrFO. The lowest BCUT2D eigenvalue weighted by Gasteiger charge is -1.99. The molecule has 1 aliphatic rings. The first-order chi connectivity index (χ1) is 5.66. The van der Waals surface area contributed by atoms with Crippen molar-refractivity contribution in [1.29, 1.82) is 0 Å². The highest BCUT2D eigenvalue weighted by molar-refractivity contribution is 9.10. The number of Topliss-reactive ketones (excluding diaryl/α,β-unsaturated/α-hetero) is 1. The van der Waals surface area contributed by atoms with Crippen molar-refractivity contribution in [1.82, 2.24) is 0 Å². The van der Waals surface area contributed by atoms with Crippen LogP contribution in [0.5, 0.6) is 0 Å². The summed E-state index contributed by atoms with van der Waals surface area (Å²) in [6, 6.07) is 3.12. The van der Waals surface area contributed by atoms with Crippen molar-refractivity contribution in [3.8, 4) is 0 Å². The van der Waals surface area contributed by atoms with E-state index in [4.69, 9.17) is 0 Å². The zero-order valence-corrected chi connectivity index (χ0v) is 7.82. The summed E-state index contributed by atoms with van der Waals surface area (Å²) in [7, 11) is 0. The van der Waals surface area contributed by atoms with Crippen LogP contribution in [0.25, 0.3) is 0 Å². The van der Waals surface area contributed by atoms with Crippen LogP contribution in [-0.4, -0.2) is 5.78 Å². The molecule has 1 nitrogen and oxygen atoms in total. The van der Waals surface area contributed by atoms with Crippen molar-refractivity contribution >= 4 is 21.7 Å². The second kappa shape index (κ2) is 2.66. The third kappa shape index (κ3) is 1.18. The predicted octanol–water partition coefficient (Wildman–Crippen LogP) is 2.26.